The van der Waals surface area contributed by atoms with Gasteiger partial charge in [0.25, 0.3) is 5.69 Å². The number of nitrogens with zero attached hydrogens (tertiary/aromatic N) is 1. The predicted molar refractivity (Wildman–Crippen MR) is 64.6 cm³/mol. The molecule has 0 saturated heterocycles. The van der Waals surface area contributed by atoms with E-state index in [0.29, 0.717) is 9.22 Å². The predicted octanol–water partition coefficient (Wildman–Crippen LogP) is 2.80. The average Bonchev–Trinajstić information content (AvgIpc) is 2.15. The Morgan fingerprint density at radius 2 is 1.87 bits per heavy atom. The number of benzene rings is 1. The second-order valence-electron chi connectivity index (χ2n) is 2.78. The molecule has 0 aromatic heterocycles. The van der Waals surface area contributed by atoms with Gasteiger partial charge in [-0.1, -0.05) is 17.7 Å². The maximum atomic E-state index is 10.7. The van der Waals surface area contributed by atoms with Gasteiger partial charge in [-0.05, 0) is 6.92 Å². The molecule has 0 atom stereocenters. The number of primary amides is 1. The Balaban J connectivity index is 3.06. The summed E-state index contributed by atoms with van der Waals surface area (Å²) < 4.78 is 1.69. The van der Waals surface area contributed by atoms with Gasteiger partial charge in [-0.3, -0.25) is 0 Å². The molecule has 0 aliphatic heterocycles. The van der Waals surface area contributed by atoms with Crippen molar-refractivity contribution >= 4 is 47.2 Å². The molecule has 0 aliphatic rings. The Labute approximate surface area is 104 Å². The van der Waals surface area contributed by atoms with Crippen LogP contribution in [0.2, 0.25) is 0 Å². The van der Waals surface area contributed by atoms with Gasteiger partial charge in [0.05, 0.1) is 0 Å². The van der Waals surface area contributed by atoms with Crippen LogP contribution in [0.5, 0.6) is 0 Å². The van der Waals surface area contributed by atoms with Gasteiger partial charge in [0.15, 0.2) is 0 Å². The minimum absolute atomic E-state index is 0.456. The zero-order valence-electron chi connectivity index (χ0n) is 7.91. The zero-order chi connectivity index (χ0) is 11.4. The molecule has 0 radical (unpaired) electrons. The molecule has 80 valence electrons. The van der Waals surface area contributed by atoms with Crippen LogP contribution in [0.4, 0.5) is 10.5 Å². The number of carbonyl (C=O) groups excluding carboxylic acids is 1. The largest absolute Gasteiger partial charge is 0.473 e. The molecule has 1 amide bonds. The summed E-state index contributed by atoms with van der Waals surface area (Å²) in [6, 6.07) is 7.41. The van der Waals surface area contributed by atoms with E-state index in [9.17, 15) is 4.79 Å². The van der Waals surface area contributed by atoms with Crippen molar-refractivity contribution in [1.29, 1.82) is 0 Å². The second-order valence-corrected chi connectivity index (χ2v) is 5.35. The number of aryl methyl sites for hydroxylation is 1. The van der Waals surface area contributed by atoms with Crippen LogP contribution in [0.15, 0.2) is 24.3 Å². The van der Waals surface area contributed by atoms with Crippen LogP contribution in [0.1, 0.15) is 5.56 Å². The molecule has 0 heterocycles. The first kappa shape index (κ1) is 12.2. The Morgan fingerprint density at radius 3 is 2.27 bits per heavy atom. The van der Waals surface area contributed by atoms with Crippen molar-refractivity contribution in [2.45, 2.75) is 6.92 Å². The molecular weight excluding hydrogens is 328 g/mol. The van der Waals surface area contributed by atoms with Crippen LogP contribution in [0.3, 0.4) is 0 Å². The van der Waals surface area contributed by atoms with E-state index in [0.717, 1.165) is 5.56 Å². The number of halogens is 2. The minimum Gasteiger partial charge on any atom is -0.330 e. The molecule has 0 aliphatic carbocycles. The molecule has 0 unspecified atom stereocenters. The van der Waals surface area contributed by atoms with Crippen molar-refractivity contribution in [1.82, 2.24) is 0 Å². The van der Waals surface area contributed by atoms with Crippen molar-refractivity contribution in [3.8, 4) is 0 Å². The fraction of sp³-hybridized carbons (Fsp3) is 0.111. The van der Waals surface area contributed by atoms with Crippen LogP contribution >= 0.6 is 31.9 Å². The van der Waals surface area contributed by atoms with Gasteiger partial charge in [-0.25, -0.2) is 4.79 Å². The number of hydrogen-bond acceptors (Lipinski definition) is 2. The molecule has 0 fully saturated rings. The minimum atomic E-state index is -0.882. The molecule has 2 N–H and O–H groups in total. The molecular formula is C9H9Br2N2O2+. The first-order valence-corrected chi connectivity index (χ1v) is 5.61. The van der Waals surface area contributed by atoms with Crippen LogP contribution in [0, 0.1) is 6.92 Å². The van der Waals surface area contributed by atoms with Crippen molar-refractivity contribution in [3.05, 3.63) is 29.8 Å². The van der Waals surface area contributed by atoms with Gasteiger partial charge in [-0.15, -0.1) is 0 Å². The topological polar surface area (TPSA) is 55.3 Å². The Hall–Kier alpha value is -0.880. The number of rotatable bonds is 2. The van der Waals surface area contributed by atoms with Gasteiger partial charge in [0, 0.05) is 48.7 Å². The van der Waals surface area contributed by atoms with E-state index in [1.807, 2.05) is 19.1 Å². The Kier molecular flexibility index (Phi) is 4.28. The summed E-state index contributed by atoms with van der Waals surface area (Å²) in [7, 11) is 0. The van der Waals surface area contributed by atoms with Gasteiger partial charge < -0.3 is 5.73 Å². The molecule has 0 saturated carbocycles. The van der Waals surface area contributed by atoms with Crippen molar-refractivity contribution in [2.75, 3.05) is 0 Å². The first-order valence-electron chi connectivity index (χ1n) is 4.03. The molecule has 0 spiro atoms. The summed E-state index contributed by atoms with van der Waals surface area (Å²) >= 11 is 6.30. The van der Waals surface area contributed by atoms with Crippen molar-refractivity contribution in [2.24, 2.45) is 5.73 Å². The third-order valence-electron chi connectivity index (χ3n) is 1.60. The monoisotopic (exact) mass is 335 g/mol. The van der Waals surface area contributed by atoms with Gasteiger partial charge in [-0.2, -0.15) is 4.84 Å². The van der Waals surface area contributed by atoms with E-state index >= 15 is 0 Å². The summed E-state index contributed by atoms with van der Waals surface area (Å²) in [6.45, 7) is 1.97. The van der Waals surface area contributed by atoms with Crippen molar-refractivity contribution in [3.63, 3.8) is 0 Å². The molecule has 15 heavy (non-hydrogen) atoms. The average molecular weight is 337 g/mol. The van der Waals surface area contributed by atoms with Gasteiger partial charge in [0.2, 0.25) is 0 Å². The van der Waals surface area contributed by atoms with E-state index in [2.05, 4.69) is 31.9 Å². The number of carbonyl (C=O) groups is 1. The summed E-state index contributed by atoms with van der Waals surface area (Å²) in [5.74, 6) is 0. The lowest BCUT2D eigenvalue weighted by atomic mass is 10.2. The second kappa shape index (κ2) is 5.27. The van der Waals surface area contributed by atoms with Crippen LogP contribution in [0.25, 0.3) is 0 Å². The van der Waals surface area contributed by atoms with Gasteiger partial charge >= 0.3 is 9.62 Å². The summed E-state index contributed by atoms with van der Waals surface area (Å²) in [5, 5.41) is 0. The summed E-state index contributed by atoms with van der Waals surface area (Å²) in [6.07, 6.45) is -0.882. The maximum Gasteiger partial charge on any atom is 0.473 e. The van der Waals surface area contributed by atoms with Crippen LogP contribution in [-0.4, -0.2) is 14.4 Å². The standard InChI is InChI=1S/C9H8Br2N2O2/c1-6-2-4-7(5-3-6)13(8(10)11)15-9(12)14/h2-5H,1H3,(H-,12,14)/p+1. The fourth-order valence-corrected chi connectivity index (χ4v) is 1.51. The Bertz CT molecular complexity index is 397. The lowest BCUT2D eigenvalue weighted by Gasteiger charge is -1.98. The summed E-state index contributed by atoms with van der Waals surface area (Å²) in [4.78, 5) is 15.4. The zero-order valence-corrected chi connectivity index (χ0v) is 11.1. The van der Waals surface area contributed by atoms with Gasteiger partial charge in [0.1, 0.15) is 0 Å². The van der Waals surface area contributed by atoms with Crippen molar-refractivity contribution < 1.29 is 14.4 Å². The number of nitrogens with two attached hydrogens (primary N) is 1. The number of amides is 1. The quantitative estimate of drug-likeness (QED) is 0.391. The highest BCUT2D eigenvalue weighted by Gasteiger charge is 2.19. The van der Waals surface area contributed by atoms with E-state index in [4.69, 9.17) is 10.6 Å². The van der Waals surface area contributed by atoms with E-state index < -0.39 is 6.09 Å². The normalized spacial score (nSPS) is 9.53. The van der Waals surface area contributed by atoms with E-state index in [1.165, 1.54) is 4.74 Å². The molecule has 4 nitrogen and oxygen atoms in total. The van der Waals surface area contributed by atoms with E-state index in [1.54, 1.807) is 12.1 Å². The highest BCUT2D eigenvalue weighted by atomic mass is 79.9. The third kappa shape index (κ3) is 3.64. The maximum absolute atomic E-state index is 10.7. The molecule has 1 aromatic carbocycles. The van der Waals surface area contributed by atoms with Crippen LogP contribution < -0.4 is 5.73 Å². The van der Waals surface area contributed by atoms with E-state index in [-0.39, 0.29) is 0 Å². The van der Waals surface area contributed by atoms with Crippen LogP contribution in [-0.2, 0) is 4.84 Å². The molecule has 1 aromatic rings. The number of hydrogen-bond donors (Lipinski definition) is 1. The summed E-state index contributed by atoms with van der Waals surface area (Å²) in [5.41, 5.74) is 6.74. The molecule has 1 rings (SSSR count). The molecule has 0 bridgehead atoms. The third-order valence-corrected chi connectivity index (χ3v) is 2.25. The highest BCUT2D eigenvalue weighted by molar-refractivity contribution is 9.39. The smallest absolute Gasteiger partial charge is 0.330 e. The lowest BCUT2D eigenvalue weighted by Crippen LogP contribution is -2.21. The Morgan fingerprint density at radius 1 is 1.33 bits per heavy atom. The SMILES string of the molecule is Cc1ccc([N+](OC(N)=O)=C(Br)Br)cc1. The first-order chi connectivity index (χ1) is 7.00. The lowest BCUT2D eigenvalue weighted by molar-refractivity contribution is -0.692. The molecule has 6 heteroatoms. The fourth-order valence-electron chi connectivity index (χ4n) is 0.955. The highest BCUT2D eigenvalue weighted by Crippen LogP contribution is 2.16.